The number of amides is 1. The number of sulfonamides is 1. The number of carbonyl (C=O) groups excluding carboxylic acids is 1. The molecule has 1 heterocycles. The van der Waals surface area contributed by atoms with E-state index in [2.05, 4.69) is 0 Å². The number of anilines is 1. The van der Waals surface area contributed by atoms with E-state index in [0.29, 0.717) is 16.9 Å². The number of carbonyl (C=O) groups is 1. The molecular weight excluding hydrogens is 419 g/mol. The molecule has 31 heavy (non-hydrogen) atoms. The van der Waals surface area contributed by atoms with E-state index in [1.165, 1.54) is 29.2 Å². The second-order valence-corrected chi connectivity index (χ2v) is 9.06. The molecule has 0 radical (unpaired) electrons. The van der Waals surface area contributed by atoms with E-state index in [4.69, 9.17) is 4.74 Å². The molecule has 0 unspecified atom stereocenters. The molecule has 3 aromatic rings. The second kappa shape index (κ2) is 8.03. The molecule has 0 fully saturated rings. The van der Waals surface area contributed by atoms with Crippen molar-refractivity contribution in [2.24, 2.45) is 0 Å². The van der Waals surface area contributed by atoms with Crippen LogP contribution < -0.4 is 9.04 Å². The van der Waals surface area contributed by atoms with Crippen LogP contribution in [0, 0.1) is 5.82 Å². The van der Waals surface area contributed by atoms with Crippen LogP contribution in [0.15, 0.2) is 71.6 Å². The van der Waals surface area contributed by atoms with Crippen molar-refractivity contribution in [1.82, 2.24) is 4.90 Å². The molecule has 8 heteroatoms. The average molecular weight is 440 g/mol. The van der Waals surface area contributed by atoms with Gasteiger partial charge in [-0.25, -0.2) is 12.8 Å². The zero-order valence-electron chi connectivity index (χ0n) is 17.1. The Morgan fingerprint density at radius 3 is 2.52 bits per heavy atom. The smallest absolute Gasteiger partial charge is 0.265 e. The Kier molecular flexibility index (Phi) is 5.41. The van der Waals surface area contributed by atoms with E-state index in [1.54, 1.807) is 38.4 Å². The number of hydrogen-bond acceptors (Lipinski definition) is 4. The van der Waals surface area contributed by atoms with Crippen molar-refractivity contribution in [3.05, 3.63) is 78.1 Å². The number of halogens is 1. The van der Waals surface area contributed by atoms with Gasteiger partial charge in [-0.2, -0.15) is 0 Å². The molecule has 4 rings (SSSR count). The molecule has 1 aliphatic heterocycles. The highest BCUT2D eigenvalue weighted by molar-refractivity contribution is 7.93. The highest BCUT2D eigenvalue weighted by atomic mass is 32.2. The number of fused-ring (bicyclic) bond motifs is 3. The topological polar surface area (TPSA) is 66.9 Å². The van der Waals surface area contributed by atoms with Crippen molar-refractivity contribution in [3.8, 4) is 16.9 Å². The van der Waals surface area contributed by atoms with Gasteiger partial charge in [-0.15, -0.1) is 0 Å². The fraction of sp³-hybridized carbons (Fsp3) is 0.174. The first-order valence-corrected chi connectivity index (χ1v) is 11.0. The van der Waals surface area contributed by atoms with Crippen molar-refractivity contribution in [1.29, 1.82) is 0 Å². The fourth-order valence-electron chi connectivity index (χ4n) is 3.69. The van der Waals surface area contributed by atoms with Gasteiger partial charge < -0.3 is 9.64 Å². The Bertz CT molecular complexity index is 1260. The molecule has 0 spiro atoms. The number of likely N-dealkylation sites (N-methyl/N-ethyl adjacent to an activating group) is 1. The minimum atomic E-state index is -3.98. The first-order valence-electron chi connectivity index (χ1n) is 9.60. The van der Waals surface area contributed by atoms with Crippen LogP contribution in [0.5, 0.6) is 5.75 Å². The molecule has 0 N–H and O–H groups in total. The summed E-state index contributed by atoms with van der Waals surface area (Å²) in [5.41, 5.74) is 1.93. The molecule has 1 aliphatic rings. The van der Waals surface area contributed by atoms with Crippen LogP contribution in [0.4, 0.5) is 10.1 Å². The first kappa shape index (κ1) is 20.9. The summed E-state index contributed by atoms with van der Waals surface area (Å²) in [4.78, 5) is 14.5. The van der Waals surface area contributed by atoms with Crippen LogP contribution in [-0.4, -0.2) is 39.9 Å². The van der Waals surface area contributed by atoms with Crippen LogP contribution in [-0.2, 0) is 21.4 Å². The van der Waals surface area contributed by atoms with Gasteiger partial charge in [0.15, 0.2) is 0 Å². The summed E-state index contributed by atoms with van der Waals surface area (Å²) in [7, 11) is -0.833. The van der Waals surface area contributed by atoms with Crippen molar-refractivity contribution >= 4 is 21.6 Å². The summed E-state index contributed by atoms with van der Waals surface area (Å²) in [6, 6.07) is 17.6. The Hall–Kier alpha value is -3.39. The van der Waals surface area contributed by atoms with Gasteiger partial charge in [-0.3, -0.25) is 9.10 Å². The SMILES string of the molecule is COc1ccccc1CN(C)C(=O)CN1c2ccc(F)cc2-c2ccccc2S1(=O)=O. The number of ether oxygens (including phenoxy) is 1. The summed E-state index contributed by atoms with van der Waals surface area (Å²) in [5, 5.41) is 0. The standard InChI is InChI=1S/C23H21FN2O4S/c1-25(14-16-7-3-5-9-21(16)30-2)23(27)15-26-20-12-11-17(24)13-19(20)18-8-4-6-10-22(18)31(26,28)29/h3-13H,14-15H2,1-2H3. The van der Waals surface area contributed by atoms with Gasteiger partial charge in [0.25, 0.3) is 10.0 Å². The maximum atomic E-state index is 14.0. The quantitative estimate of drug-likeness (QED) is 0.607. The summed E-state index contributed by atoms with van der Waals surface area (Å²) in [6.45, 7) is -0.148. The van der Waals surface area contributed by atoms with Crippen molar-refractivity contribution < 1.29 is 22.3 Å². The lowest BCUT2D eigenvalue weighted by Crippen LogP contribution is -2.43. The Balaban J connectivity index is 1.67. The van der Waals surface area contributed by atoms with Gasteiger partial charge in [0.1, 0.15) is 18.1 Å². The van der Waals surface area contributed by atoms with Gasteiger partial charge in [-0.05, 0) is 30.3 Å². The van der Waals surface area contributed by atoms with E-state index in [0.717, 1.165) is 9.87 Å². The molecule has 0 atom stereocenters. The Morgan fingerprint density at radius 1 is 1.03 bits per heavy atom. The van der Waals surface area contributed by atoms with E-state index < -0.39 is 28.3 Å². The number of methoxy groups -OCH3 is 1. The van der Waals surface area contributed by atoms with Crippen molar-refractivity contribution in [2.45, 2.75) is 11.4 Å². The second-order valence-electron chi connectivity index (χ2n) is 7.23. The molecule has 0 aromatic heterocycles. The number of nitrogens with zero attached hydrogens (tertiary/aromatic N) is 2. The Morgan fingerprint density at radius 2 is 1.74 bits per heavy atom. The summed E-state index contributed by atoms with van der Waals surface area (Å²) in [5.74, 6) is -0.237. The number of para-hydroxylation sites is 1. The van der Waals surface area contributed by atoms with Crippen molar-refractivity contribution in [3.63, 3.8) is 0 Å². The molecule has 0 saturated heterocycles. The monoisotopic (exact) mass is 440 g/mol. The third-order valence-electron chi connectivity index (χ3n) is 5.28. The van der Waals surface area contributed by atoms with Crippen LogP contribution in [0.3, 0.4) is 0 Å². The molecule has 3 aromatic carbocycles. The third-order valence-corrected chi connectivity index (χ3v) is 7.10. The molecule has 0 bridgehead atoms. The van der Waals surface area contributed by atoms with Crippen LogP contribution in [0.25, 0.3) is 11.1 Å². The van der Waals surface area contributed by atoms with Gasteiger partial charge in [0.2, 0.25) is 5.91 Å². The highest BCUT2D eigenvalue weighted by Crippen LogP contribution is 2.43. The third kappa shape index (κ3) is 3.74. The predicted molar refractivity (Wildman–Crippen MR) is 116 cm³/mol. The fourth-order valence-corrected chi connectivity index (χ4v) is 5.34. The maximum Gasteiger partial charge on any atom is 0.265 e. The van der Waals surface area contributed by atoms with E-state index in [9.17, 15) is 17.6 Å². The van der Waals surface area contributed by atoms with Crippen LogP contribution >= 0.6 is 0 Å². The lowest BCUT2D eigenvalue weighted by molar-refractivity contribution is -0.128. The number of hydrogen-bond donors (Lipinski definition) is 0. The van der Waals surface area contributed by atoms with Gasteiger partial charge in [0, 0.05) is 30.3 Å². The molecule has 0 aliphatic carbocycles. The largest absolute Gasteiger partial charge is 0.496 e. The minimum Gasteiger partial charge on any atom is -0.496 e. The minimum absolute atomic E-state index is 0.0493. The normalized spacial score (nSPS) is 13.8. The summed E-state index contributed by atoms with van der Waals surface area (Å²) < 4.78 is 47.0. The lowest BCUT2D eigenvalue weighted by Gasteiger charge is -2.32. The van der Waals surface area contributed by atoms with Gasteiger partial charge in [0.05, 0.1) is 17.7 Å². The van der Waals surface area contributed by atoms with E-state index >= 15 is 0 Å². The molecule has 0 saturated carbocycles. The Labute approximate surface area is 180 Å². The number of rotatable bonds is 5. The van der Waals surface area contributed by atoms with Crippen LogP contribution in [0.1, 0.15) is 5.56 Å². The number of benzene rings is 3. The first-order chi connectivity index (χ1) is 14.8. The summed E-state index contributed by atoms with van der Waals surface area (Å²) in [6.07, 6.45) is 0. The van der Waals surface area contributed by atoms with E-state index in [1.807, 2.05) is 18.2 Å². The molecule has 1 amide bonds. The highest BCUT2D eigenvalue weighted by Gasteiger charge is 2.36. The predicted octanol–water partition coefficient (Wildman–Crippen LogP) is 3.67. The maximum absolute atomic E-state index is 14.0. The molecule has 160 valence electrons. The average Bonchev–Trinajstić information content (AvgIpc) is 2.77. The zero-order valence-corrected chi connectivity index (χ0v) is 17.9. The van der Waals surface area contributed by atoms with Crippen LogP contribution in [0.2, 0.25) is 0 Å². The molecule has 6 nitrogen and oxygen atoms in total. The lowest BCUT2D eigenvalue weighted by atomic mass is 10.0. The van der Waals surface area contributed by atoms with Crippen molar-refractivity contribution in [2.75, 3.05) is 25.0 Å². The van der Waals surface area contributed by atoms with Gasteiger partial charge >= 0.3 is 0 Å². The molecular formula is C23H21FN2O4S. The zero-order chi connectivity index (χ0) is 22.2. The summed E-state index contributed by atoms with van der Waals surface area (Å²) >= 11 is 0. The van der Waals surface area contributed by atoms with Gasteiger partial charge in [-0.1, -0.05) is 36.4 Å². The van der Waals surface area contributed by atoms with E-state index in [-0.39, 0.29) is 17.1 Å².